The minimum Gasteiger partial charge on any atom is -0.396 e. The maximum Gasteiger partial charge on any atom is 0.0434 e. The first-order valence-electron chi connectivity index (χ1n) is 4.61. The summed E-state index contributed by atoms with van der Waals surface area (Å²) >= 11 is 1.89. The molecule has 0 amide bonds. The first kappa shape index (κ1) is 12.3. The van der Waals surface area contributed by atoms with Crippen LogP contribution in [0.4, 0.5) is 0 Å². The van der Waals surface area contributed by atoms with E-state index in [1.165, 1.54) is 12.2 Å². The third-order valence-electron chi connectivity index (χ3n) is 1.82. The fourth-order valence-corrected chi connectivity index (χ4v) is 1.45. The van der Waals surface area contributed by atoms with E-state index in [0.29, 0.717) is 12.5 Å². The lowest BCUT2D eigenvalue weighted by Gasteiger charge is -2.10. The summed E-state index contributed by atoms with van der Waals surface area (Å²) in [6, 6.07) is 0. The van der Waals surface area contributed by atoms with Crippen LogP contribution < -0.4 is 5.32 Å². The summed E-state index contributed by atoms with van der Waals surface area (Å²) in [6.07, 6.45) is 4.29. The Balaban J connectivity index is 2.97. The highest BCUT2D eigenvalue weighted by Gasteiger charge is 1.98. The van der Waals surface area contributed by atoms with Crippen LogP contribution in [0.1, 0.15) is 19.8 Å². The Morgan fingerprint density at radius 2 is 2.25 bits per heavy atom. The molecule has 0 aliphatic carbocycles. The minimum absolute atomic E-state index is 0.313. The molecule has 0 aromatic carbocycles. The smallest absolute Gasteiger partial charge is 0.0434 e. The van der Waals surface area contributed by atoms with Crippen molar-refractivity contribution in [2.24, 2.45) is 5.92 Å². The van der Waals surface area contributed by atoms with Crippen LogP contribution in [0.3, 0.4) is 0 Å². The fourth-order valence-electron chi connectivity index (χ4n) is 1.01. The van der Waals surface area contributed by atoms with Crippen molar-refractivity contribution < 1.29 is 5.11 Å². The molecule has 2 N–H and O–H groups in total. The molecule has 0 saturated heterocycles. The molecule has 0 radical (unpaired) electrons. The van der Waals surface area contributed by atoms with Gasteiger partial charge in [-0.1, -0.05) is 6.92 Å². The van der Waals surface area contributed by atoms with Crippen LogP contribution in [0, 0.1) is 5.92 Å². The number of nitrogens with one attached hydrogen (secondary N) is 1. The zero-order chi connectivity index (χ0) is 9.23. The number of rotatable bonds is 8. The summed E-state index contributed by atoms with van der Waals surface area (Å²) in [4.78, 5) is 0. The second-order valence-electron chi connectivity index (χ2n) is 3.17. The quantitative estimate of drug-likeness (QED) is 0.568. The van der Waals surface area contributed by atoms with Crippen molar-refractivity contribution in [3.05, 3.63) is 0 Å². The molecule has 0 rings (SSSR count). The Kier molecular flexibility index (Phi) is 9.57. The van der Waals surface area contributed by atoms with Gasteiger partial charge < -0.3 is 10.4 Å². The van der Waals surface area contributed by atoms with Crippen LogP contribution in [0.5, 0.6) is 0 Å². The van der Waals surface area contributed by atoms with Crippen molar-refractivity contribution in [2.75, 3.05) is 31.7 Å². The van der Waals surface area contributed by atoms with E-state index in [9.17, 15) is 0 Å². The molecule has 0 saturated carbocycles. The lowest BCUT2D eigenvalue weighted by atomic mass is 10.1. The van der Waals surface area contributed by atoms with Gasteiger partial charge >= 0.3 is 0 Å². The average molecular weight is 191 g/mol. The fraction of sp³-hybridized carbons (Fsp3) is 1.00. The number of hydrogen-bond acceptors (Lipinski definition) is 3. The predicted molar refractivity (Wildman–Crippen MR) is 56.7 cm³/mol. The molecular formula is C9H21NOS. The molecule has 1 unspecified atom stereocenters. The number of aliphatic hydroxyl groups is 1. The molecule has 0 spiro atoms. The van der Waals surface area contributed by atoms with Gasteiger partial charge in [-0.25, -0.2) is 0 Å². The van der Waals surface area contributed by atoms with E-state index in [4.69, 9.17) is 5.11 Å². The third kappa shape index (κ3) is 8.37. The van der Waals surface area contributed by atoms with Gasteiger partial charge in [0.05, 0.1) is 0 Å². The molecule has 0 heterocycles. The molecule has 2 nitrogen and oxygen atoms in total. The van der Waals surface area contributed by atoms with Crippen LogP contribution in [0.15, 0.2) is 0 Å². The summed E-state index contributed by atoms with van der Waals surface area (Å²) < 4.78 is 0. The second-order valence-corrected chi connectivity index (χ2v) is 4.15. The van der Waals surface area contributed by atoms with Crippen molar-refractivity contribution in [2.45, 2.75) is 19.8 Å². The topological polar surface area (TPSA) is 32.3 Å². The van der Waals surface area contributed by atoms with Crippen molar-refractivity contribution in [3.8, 4) is 0 Å². The van der Waals surface area contributed by atoms with Crippen LogP contribution in [-0.4, -0.2) is 36.8 Å². The third-order valence-corrected chi connectivity index (χ3v) is 2.51. The van der Waals surface area contributed by atoms with Gasteiger partial charge in [0, 0.05) is 6.61 Å². The van der Waals surface area contributed by atoms with E-state index in [2.05, 4.69) is 18.5 Å². The van der Waals surface area contributed by atoms with E-state index in [1.807, 2.05) is 11.8 Å². The van der Waals surface area contributed by atoms with Crippen LogP contribution in [-0.2, 0) is 0 Å². The highest BCUT2D eigenvalue weighted by molar-refractivity contribution is 7.98. The van der Waals surface area contributed by atoms with Crippen LogP contribution >= 0.6 is 11.8 Å². The van der Waals surface area contributed by atoms with Crippen LogP contribution in [0.2, 0.25) is 0 Å². The Bertz CT molecular complexity index is 90.6. The van der Waals surface area contributed by atoms with Gasteiger partial charge in [0.1, 0.15) is 0 Å². The number of hydrogen-bond donors (Lipinski definition) is 2. The summed E-state index contributed by atoms with van der Waals surface area (Å²) in [5.74, 6) is 1.84. The first-order chi connectivity index (χ1) is 5.81. The van der Waals surface area contributed by atoms with Gasteiger partial charge in [-0.15, -0.1) is 0 Å². The van der Waals surface area contributed by atoms with Gasteiger partial charge in [0.25, 0.3) is 0 Å². The highest BCUT2D eigenvalue weighted by Crippen LogP contribution is 1.98. The van der Waals surface area contributed by atoms with Gasteiger partial charge in [0.2, 0.25) is 0 Å². The molecule has 0 aromatic heterocycles. The van der Waals surface area contributed by atoms with Crippen molar-refractivity contribution >= 4 is 11.8 Å². The summed E-state index contributed by atoms with van der Waals surface area (Å²) in [7, 11) is 0. The molecule has 0 aliphatic rings. The summed E-state index contributed by atoms with van der Waals surface area (Å²) in [5.41, 5.74) is 0. The number of aliphatic hydroxyl groups excluding tert-OH is 1. The standard InChI is InChI=1S/C9H21NOS/c1-9(4-6-11)8-10-5-3-7-12-2/h9-11H,3-8H2,1-2H3. The monoisotopic (exact) mass is 191 g/mol. The Morgan fingerprint density at radius 3 is 2.83 bits per heavy atom. The highest BCUT2D eigenvalue weighted by atomic mass is 32.2. The molecule has 74 valence electrons. The molecule has 0 aromatic rings. The zero-order valence-electron chi connectivity index (χ0n) is 8.18. The van der Waals surface area contributed by atoms with E-state index in [-0.39, 0.29) is 0 Å². The normalized spacial score (nSPS) is 13.2. The van der Waals surface area contributed by atoms with E-state index in [0.717, 1.165) is 19.5 Å². The lowest BCUT2D eigenvalue weighted by molar-refractivity contribution is 0.260. The van der Waals surface area contributed by atoms with E-state index in [1.54, 1.807) is 0 Å². The molecular weight excluding hydrogens is 170 g/mol. The second kappa shape index (κ2) is 9.36. The Hall–Kier alpha value is 0.270. The summed E-state index contributed by atoms with van der Waals surface area (Å²) in [6.45, 7) is 4.62. The van der Waals surface area contributed by atoms with E-state index < -0.39 is 0 Å². The van der Waals surface area contributed by atoms with Crippen LogP contribution in [0.25, 0.3) is 0 Å². The Morgan fingerprint density at radius 1 is 1.50 bits per heavy atom. The minimum atomic E-state index is 0.313. The maximum absolute atomic E-state index is 8.65. The van der Waals surface area contributed by atoms with Crippen molar-refractivity contribution in [1.29, 1.82) is 0 Å². The SMILES string of the molecule is CSCCCNCC(C)CCO. The van der Waals surface area contributed by atoms with Gasteiger partial charge in [-0.05, 0) is 43.9 Å². The lowest BCUT2D eigenvalue weighted by Crippen LogP contribution is -2.23. The van der Waals surface area contributed by atoms with Crippen molar-refractivity contribution in [3.63, 3.8) is 0 Å². The molecule has 0 aliphatic heterocycles. The average Bonchev–Trinajstić information content (AvgIpc) is 2.05. The largest absolute Gasteiger partial charge is 0.396 e. The van der Waals surface area contributed by atoms with Gasteiger partial charge in [-0.2, -0.15) is 11.8 Å². The van der Waals surface area contributed by atoms with E-state index >= 15 is 0 Å². The number of thioether (sulfide) groups is 1. The Labute approximate surface area is 80.1 Å². The zero-order valence-corrected chi connectivity index (χ0v) is 8.99. The predicted octanol–water partition coefficient (Wildman–Crippen LogP) is 1.35. The molecule has 3 heteroatoms. The summed E-state index contributed by atoms with van der Waals surface area (Å²) in [5, 5.41) is 12.0. The van der Waals surface area contributed by atoms with Gasteiger partial charge in [0.15, 0.2) is 0 Å². The van der Waals surface area contributed by atoms with Gasteiger partial charge in [-0.3, -0.25) is 0 Å². The molecule has 0 bridgehead atoms. The maximum atomic E-state index is 8.65. The molecule has 0 fully saturated rings. The first-order valence-corrected chi connectivity index (χ1v) is 6.01. The molecule has 12 heavy (non-hydrogen) atoms. The van der Waals surface area contributed by atoms with Crippen molar-refractivity contribution in [1.82, 2.24) is 5.32 Å². The molecule has 1 atom stereocenters.